The average molecular weight is 264 g/mol. The molecule has 0 fully saturated rings. The van der Waals surface area contributed by atoms with Crippen LogP contribution in [0.2, 0.25) is 0 Å². The largest absolute Gasteiger partial charge is 0.387 e. The maximum atomic E-state index is 11.8. The predicted molar refractivity (Wildman–Crippen MR) is 77.1 cm³/mol. The van der Waals surface area contributed by atoms with Gasteiger partial charge in [0.1, 0.15) is 0 Å². The highest BCUT2D eigenvalue weighted by Gasteiger charge is 2.21. The number of likely N-dealkylation sites (N-methyl/N-ethyl adjacent to an activating group) is 1. The van der Waals surface area contributed by atoms with Gasteiger partial charge in [-0.3, -0.25) is 4.79 Å². The van der Waals surface area contributed by atoms with E-state index in [0.29, 0.717) is 13.0 Å². The molecule has 0 saturated heterocycles. The summed E-state index contributed by atoms with van der Waals surface area (Å²) in [5, 5.41) is 12.9. The fourth-order valence-corrected chi connectivity index (χ4v) is 2.10. The number of carbonyl (C=O) groups is 1. The van der Waals surface area contributed by atoms with Crippen LogP contribution < -0.4 is 5.32 Å². The van der Waals surface area contributed by atoms with Crippen molar-refractivity contribution in [2.75, 3.05) is 27.2 Å². The standard InChI is InChI=1S/C15H24N2O2/c1-12-6-5-7-13(8-12)9-14(18)16-10-15(2,19)11-17(3)4/h5-8,19H,9-11H2,1-4H3,(H,16,18). The van der Waals surface area contributed by atoms with Crippen LogP contribution >= 0.6 is 0 Å². The molecule has 1 aromatic carbocycles. The lowest BCUT2D eigenvalue weighted by atomic mass is 10.1. The number of amides is 1. The zero-order valence-electron chi connectivity index (χ0n) is 12.2. The van der Waals surface area contributed by atoms with Crippen LogP contribution in [0.5, 0.6) is 0 Å². The zero-order valence-corrected chi connectivity index (χ0v) is 12.2. The smallest absolute Gasteiger partial charge is 0.224 e. The molecule has 1 amide bonds. The third kappa shape index (κ3) is 6.36. The molecule has 0 heterocycles. The van der Waals surface area contributed by atoms with Crippen molar-refractivity contribution in [1.82, 2.24) is 10.2 Å². The summed E-state index contributed by atoms with van der Waals surface area (Å²) in [5.41, 5.74) is 1.22. The molecule has 4 nitrogen and oxygen atoms in total. The topological polar surface area (TPSA) is 52.6 Å². The van der Waals surface area contributed by atoms with E-state index in [-0.39, 0.29) is 12.5 Å². The van der Waals surface area contributed by atoms with E-state index in [4.69, 9.17) is 0 Å². The highest BCUT2D eigenvalue weighted by molar-refractivity contribution is 5.78. The van der Waals surface area contributed by atoms with Crippen molar-refractivity contribution in [3.63, 3.8) is 0 Å². The Morgan fingerprint density at radius 2 is 2.11 bits per heavy atom. The van der Waals surface area contributed by atoms with Gasteiger partial charge >= 0.3 is 0 Å². The predicted octanol–water partition coefficient (Wildman–Crippen LogP) is 0.966. The van der Waals surface area contributed by atoms with Crippen LogP contribution in [0.1, 0.15) is 18.1 Å². The van der Waals surface area contributed by atoms with Crippen LogP contribution in [0.25, 0.3) is 0 Å². The first-order valence-corrected chi connectivity index (χ1v) is 6.48. The summed E-state index contributed by atoms with van der Waals surface area (Å²) in [6, 6.07) is 7.88. The quantitative estimate of drug-likeness (QED) is 0.805. The molecule has 1 unspecified atom stereocenters. The number of hydrogen-bond acceptors (Lipinski definition) is 3. The molecule has 0 bridgehead atoms. The number of hydrogen-bond donors (Lipinski definition) is 2. The average Bonchev–Trinajstić information content (AvgIpc) is 2.25. The lowest BCUT2D eigenvalue weighted by Gasteiger charge is -2.27. The molecule has 0 aliphatic rings. The molecule has 1 aromatic rings. The number of nitrogens with one attached hydrogen (secondary N) is 1. The molecular formula is C15H24N2O2. The number of aliphatic hydroxyl groups is 1. The van der Waals surface area contributed by atoms with Gasteiger partial charge in [0.15, 0.2) is 0 Å². The van der Waals surface area contributed by atoms with Crippen molar-refractivity contribution in [3.8, 4) is 0 Å². The first kappa shape index (κ1) is 15.7. The Kier molecular flexibility index (Phi) is 5.51. The maximum absolute atomic E-state index is 11.8. The van der Waals surface area contributed by atoms with Crippen molar-refractivity contribution in [1.29, 1.82) is 0 Å². The Morgan fingerprint density at radius 1 is 1.42 bits per heavy atom. The van der Waals surface area contributed by atoms with Gasteiger partial charge < -0.3 is 15.3 Å². The number of nitrogens with zero attached hydrogens (tertiary/aromatic N) is 1. The van der Waals surface area contributed by atoms with E-state index in [1.165, 1.54) is 0 Å². The fourth-order valence-electron chi connectivity index (χ4n) is 2.10. The van der Waals surface area contributed by atoms with Gasteiger partial charge in [0.05, 0.1) is 12.0 Å². The summed E-state index contributed by atoms with van der Waals surface area (Å²) < 4.78 is 0. The molecular weight excluding hydrogens is 240 g/mol. The van der Waals surface area contributed by atoms with Crippen molar-refractivity contribution >= 4 is 5.91 Å². The minimum Gasteiger partial charge on any atom is -0.387 e. The van der Waals surface area contributed by atoms with Crippen LogP contribution in [0.4, 0.5) is 0 Å². The van der Waals surface area contributed by atoms with Gasteiger partial charge in [-0.05, 0) is 33.5 Å². The van der Waals surface area contributed by atoms with Crippen LogP contribution in [0, 0.1) is 6.92 Å². The Bertz CT molecular complexity index is 428. The van der Waals surface area contributed by atoms with E-state index in [0.717, 1.165) is 11.1 Å². The lowest BCUT2D eigenvalue weighted by molar-refractivity contribution is -0.121. The van der Waals surface area contributed by atoms with Crippen molar-refractivity contribution in [2.45, 2.75) is 25.9 Å². The number of carbonyl (C=O) groups excluding carboxylic acids is 1. The highest BCUT2D eigenvalue weighted by atomic mass is 16.3. The Morgan fingerprint density at radius 3 is 2.68 bits per heavy atom. The van der Waals surface area contributed by atoms with Crippen LogP contribution in [0.15, 0.2) is 24.3 Å². The first-order chi connectivity index (χ1) is 8.78. The Hall–Kier alpha value is -1.39. The van der Waals surface area contributed by atoms with Crippen molar-refractivity contribution < 1.29 is 9.90 Å². The van der Waals surface area contributed by atoms with Gasteiger partial charge in [0, 0.05) is 13.1 Å². The minimum absolute atomic E-state index is 0.0652. The molecule has 0 radical (unpaired) electrons. The number of rotatable bonds is 6. The summed E-state index contributed by atoms with van der Waals surface area (Å²) in [6.45, 7) is 4.50. The second kappa shape index (κ2) is 6.68. The molecule has 1 atom stereocenters. The Balaban J connectivity index is 2.44. The summed E-state index contributed by atoms with van der Waals surface area (Å²) in [6.07, 6.45) is 0.347. The molecule has 0 aromatic heterocycles. The monoisotopic (exact) mass is 264 g/mol. The highest BCUT2D eigenvalue weighted by Crippen LogP contribution is 2.06. The zero-order chi connectivity index (χ0) is 14.5. The van der Waals surface area contributed by atoms with E-state index < -0.39 is 5.60 Å². The van der Waals surface area contributed by atoms with Gasteiger partial charge in [0.25, 0.3) is 0 Å². The molecule has 0 saturated carbocycles. The van der Waals surface area contributed by atoms with Crippen LogP contribution in [0.3, 0.4) is 0 Å². The molecule has 0 spiro atoms. The van der Waals surface area contributed by atoms with Gasteiger partial charge in [-0.15, -0.1) is 0 Å². The molecule has 19 heavy (non-hydrogen) atoms. The molecule has 2 N–H and O–H groups in total. The molecule has 0 aliphatic carbocycles. The number of aryl methyl sites for hydroxylation is 1. The molecule has 4 heteroatoms. The van der Waals surface area contributed by atoms with Crippen molar-refractivity contribution in [2.24, 2.45) is 0 Å². The van der Waals surface area contributed by atoms with Gasteiger partial charge in [-0.2, -0.15) is 0 Å². The van der Waals surface area contributed by atoms with E-state index in [2.05, 4.69) is 5.32 Å². The summed E-state index contributed by atoms with van der Waals surface area (Å²) in [4.78, 5) is 13.7. The fraction of sp³-hybridized carbons (Fsp3) is 0.533. The van der Waals surface area contributed by atoms with Gasteiger partial charge in [-0.1, -0.05) is 29.8 Å². The SMILES string of the molecule is Cc1cccc(CC(=O)NCC(C)(O)CN(C)C)c1. The summed E-state index contributed by atoms with van der Waals surface area (Å²) >= 11 is 0. The lowest BCUT2D eigenvalue weighted by Crippen LogP contribution is -2.47. The van der Waals surface area contributed by atoms with Gasteiger partial charge in [-0.25, -0.2) is 0 Å². The minimum atomic E-state index is -0.911. The number of benzene rings is 1. The van der Waals surface area contributed by atoms with Gasteiger partial charge in [0.2, 0.25) is 5.91 Å². The van der Waals surface area contributed by atoms with E-state index in [1.54, 1.807) is 6.92 Å². The summed E-state index contributed by atoms with van der Waals surface area (Å²) in [7, 11) is 3.78. The molecule has 1 rings (SSSR count). The third-order valence-electron chi connectivity index (χ3n) is 2.77. The third-order valence-corrected chi connectivity index (χ3v) is 2.77. The van der Waals surface area contributed by atoms with Crippen LogP contribution in [-0.2, 0) is 11.2 Å². The van der Waals surface area contributed by atoms with Crippen LogP contribution in [-0.4, -0.2) is 48.7 Å². The van der Waals surface area contributed by atoms with E-state index >= 15 is 0 Å². The maximum Gasteiger partial charge on any atom is 0.224 e. The molecule has 106 valence electrons. The second-order valence-corrected chi connectivity index (χ2v) is 5.68. The van der Waals surface area contributed by atoms with E-state index in [9.17, 15) is 9.90 Å². The Labute approximate surface area is 115 Å². The molecule has 0 aliphatic heterocycles. The van der Waals surface area contributed by atoms with Crippen molar-refractivity contribution in [3.05, 3.63) is 35.4 Å². The first-order valence-electron chi connectivity index (χ1n) is 6.48. The normalized spacial score (nSPS) is 14.2. The summed E-state index contributed by atoms with van der Waals surface area (Å²) in [5.74, 6) is -0.0652. The second-order valence-electron chi connectivity index (χ2n) is 5.68. The van der Waals surface area contributed by atoms with E-state index in [1.807, 2.05) is 50.2 Å².